The molecule has 23 aromatic rings. The molecular weight excluding hydrogens is 1510 g/mol. The maximum atomic E-state index is 5.44. The SMILES string of the molecule is CC1(C)c2ccccc2-c2cccc(-c3ccc(-c4cc(-c5ccc(-c6cccc7ccccc67)c6ccccc56)cc(-c5ccc(-c6cccc7ccccc67)cc5)n4)cc3)c21.c1ccc2c(-c3ccc(-c4cc(-c5ccc(-c6cccc7ccccc67)c6ccccc56)cc(-c5ccc(-c6cccc7c6sc6ccccc67)cc5)n4)cc3)cccc2c1. The van der Waals surface area contributed by atoms with E-state index in [1.165, 1.54) is 185 Å². The topological polar surface area (TPSA) is 25.8 Å². The lowest BCUT2D eigenvalue weighted by Gasteiger charge is -2.24. The molecule has 0 atom stereocenters. The lowest BCUT2D eigenvalue weighted by molar-refractivity contribution is 0.662. The van der Waals surface area contributed by atoms with E-state index in [2.05, 4.69) is 463 Å². The van der Waals surface area contributed by atoms with E-state index in [4.69, 9.17) is 9.97 Å². The van der Waals surface area contributed by atoms with Crippen molar-refractivity contribution in [2.75, 3.05) is 0 Å². The van der Waals surface area contributed by atoms with E-state index in [1.807, 2.05) is 11.3 Å². The van der Waals surface area contributed by atoms with E-state index < -0.39 is 0 Å². The van der Waals surface area contributed by atoms with Crippen molar-refractivity contribution >= 4 is 96.1 Å². The molecule has 0 saturated heterocycles. The zero-order valence-corrected chi connectivity index (χ0v) is 69.3. The Bertz CT molecular complexity index is 8150. The third kappa shape index (κ3) is 12.9. The fourth-order valence-corrected chi connectivity index (χ4v) is 21.0. The van der Waals surface area contributed by atoms with Crippen molar-refractivity contribution in [2.45, 2.75) is 19.3 Å². The van der Waals surface area contributed by atoms with Crippen LogP contribution >= 0.6 is 11.3 Å². The third-order valence-electron chi connectivity index (χ3n) is 25.8. The molecule has 0 fully saturated rings. The molecule has 0 spiro atoms. The van der Waals surface area contributed by atoms with E-state index in [9.17, 15) is 0 Å². The first-order valence-corrected chi connectivity index (χ1v) is 43.6. The van der Waals surface area contributed by atoms with Crippen molar-refractivity contribution < 1.29 is 0 Å². The largest absolute Gasteiger partial charge is 0.248 e. The maximum Gasteiger partial charge on any atom is 0.0715 e. The molecule has 124 heavy (non-hydrogen) atoms. The monoisotopic (exact) mass is 1590 g/mol. The van der Waals surface area contributed by atoms with Gasteiger partial charge in [-0.3, -0.25) is 0 Å². The van der Waals surface area contributed by atoms with Crippen molar-refractivity contribution in [2.24, 2.45) is 0 Å². The van der Waals surface area contributed by atoms with Crippen molar-refractivity contribution in [3.8, 4) is 145 Å². The first-order valence-electron chi connectivity index (χ1n) is 42.8. The molecule has 3 aromatic heterocycles. The van der Waals surface area contributed by atoms with Crippen molar-refractivity contribution in [3.63, 3.8) is 0 Å². The molecule has 3 heterocycles. The fourth-order valence-electron chi connectivity index (χ4n) is 19.8. The summed E-state index contributed by atoms with van der Waals surface area (Å²) in [4.78, 5) is 10.9. The molecule has 0 bridgehead atoms. The molecule has 0 aliphatic heterocycles. The van der Waals surface area contributed by atoms with E-state index in [1.54, 1.807) is 0 Å². The second kappa shape index (κ2) is 30.6. The summed E-state index contributed by atoms with van der Waals surface area (Å²) >= 11 is 1.87. The van der Waals surface area contributed by atoms with Gasteiger partial charge in [0.05, 0.1) is 22.8 Å². The van der Waals surface area contributed by atoms with E-state index in [0.717, 1.165) is 56.2 Å². The van der Waals surface area contributed by atoms with E-state index >= 15 is 0 Å². The van der Waals surface area contributed by atoms with Crippen LogP contribution in [0.15, 0.2) is 449 Å². The molecule has 3 heteroatoms. The fraction of sp³-hybridized carbons (Fsp3) is 0.0248. The number of rotatable bonds is 12. The van der Waals surface area contributed by atoms with Gasteiger partial charge in [-0.1, -0.05) is 432 Å². The van der Waals surface area contributed by atoms with Gasteiger partial charge in [0.2, 0.25) is 0 Å². The van der Waals surface area contributed by atoms with Gasteiger partial charge in [-0.25, -0.2) is 9.97 Å². The lowest BCUT2D eigenvalue weighted by atomic mass is 9.79. The summed E-state index contributed by atoms with van der Waals surface area (Å²) in [6.07, 6.45) is 0. The minimum Gasteiger partial charge on any atom is -0.248 e. The average molecular weight is 1590 g/mol. The number of pyridine rings is 2. The van der Waals surface area contributed by atoms with Crippen LogP contribution in [0.4, 0.5) is 0 Å². The first kappa shape index (κ1) is 73.6. The van der Waals surface area contributed by atoms with Crippen LogP contribution in [0.2, 0.25) is 0 Å². The summed E-state index contributed by atoms with van der Waals surface area (Å²) in [5.41, 5.74) is 32.9. The molecular formula is C121H80N2S. The van der Waals surface area contributed by atoms with Gasteiger partial charge in [-0.15, -0.1) is 11.3 Å². The third-order valence-corrected chi connectivity index (χ3v) is 27.0. The molecule has 0 amide bonds. The molecule has 1 aliphatic carbocycles. The summed E-state index contributed by atoms with van der Waals surface area (Å²) < 4.78 is 2.64. The van der Waals surface area contributed by atoms with Crippen LogP contribution in [-0.2, 0) is 5.41 Å². The molecule has 0 saturated carbocycles. The highest BCUT2D eigenvalue weighted by molar-refractivity contribution is 7.26. The predicted molar refractivity (Wildman–Crippen MR) is 529 cm³/mol. The van der Waals surface area contributed by atoms with Crippen molar-refractivity contribution in [1.29, 1.82) is 0 Å². The van der Waals surface area contributed by atoms with Crippen LogP contribution in [0.25, 0.3) is 230 Å². The van der Waals surface area contributed by atoms with Crippen LogP contribution < -0.4 is 0 Å². The smallest absolute Gasteiger partial charge is 0.0715 e. The zero-order chi connectivity index (χ0) is 82.4. The van der Waals surface area contributed by atoms with Gasteiger partial charge in [-0.05, 0) is 206 Å². The van der Waals surface area contributed by atoms with Gasteiger partial charge in [0, 0.05) is 47.8 Å². The highest BCUT2D eigenvalue weighted by Crippen LogP contribution is 2.53. The minimum atomic E-state index is -0.0962. The molecule has 0 unspecified atom stereocenters. The van der Waals surface area contributed by atoms with Crippen LogP contribution in [0, 0.1) is 0 Å². The summed E-state index contributed by atoms with van der Waals surface area (Å²) in [7, 11) is 0. The Morgan fingerprint density at radius 1 is 0.177 bits per heavy atom. The molecule has 20 aromatic carbocycles. The van der Waals surface area contributed by atoms with Crippen LogP contribution in [-0.4, -0.2) is 9.97 Å². The first-order chi connectivity index (χ1) is 61.2. The Labute approximate surface area is 725 Å². The molecule has 24 rings (SSSR count). The van der Waals surface area contributed by atoms with E-state index in [0.29, 0.717) is 0 Å². The summed E-state index contributed by atoms with van der Waals surface area (Å²) in [6, 6.07) is 164. The van der Waals surface area contributed by atoms with Crippen molar-refractivity contribution in [3.05, 3.63) is 460 Å². The van der Waals surface area contributed by atoms with Gasteiger partial charge in [-0.2, -0.15) is 0 Å². The second-order valence-corrected chi connectivity index (χ2v) is 34.3. The Kier molecular flexibility index (Phi) is 18.2. The van der Waals surface area contributed by atoms with Gasteiger partial charge >= 0.3 is 0 Å². The average Bonchev–Trinajstić information content (AvgIpc) is 1.55. The number of thiophene rings is 1. The van der Waals surface area contributed by atoms with Gasteiger partial charge < -0.3 is 0 Å². The number of aromatic nitrogens is 2. The Morgan fingerprint density at radius 3 is 0.879 bits per heavy atom. The Balaban J connectivity index is 0.000000143. The standard InChI is InChI=1S/C62H43N.C59H37NS/c1-62(2)58-27-10-9-22-56(58)57-26-13-24-51(61(57)62)43-30-34-45(35-31-43)60-39-46(38-59(63-60)44-32-28-42(29-33-44)48-23-11-16-40-14-3-5-18-47(40)48)50-36-37-55(54-21-8-7-20-52(50)54)53-25-12-17-41-15-4-6-19-49(41)53;1-3-16-45-38(12-1)14-9-21-46(45)40-26-30-42(31-27-40)56-36-44(48-34-35-53(52-19-6-5-18-50(48)52)51-23-10-15-39-13-2-4-17-47(39)51)37-57(60-56)43-32-28-41(29-33-43)49-22-11-24-55-54-20-7-8-25-58(54)61-59(49)55/h3-39H,1-2H3;1-37H. The molecule has 2 nitrogen and oxygen atoms in total. The van der Waals surface area contributed by atoms with Gasteiger partial charge in [0.25, 0.3) is 0 Å². The Morgan fingerprint density at radius 2 is 0.435 bits per heavy atom. The van der Waals surface area contributed by atoms with E-state index in [-0.39, 0.29) is 5.41 Å². The molecule has 580 valence electrons. The highest BCUT2D eigenvalue weighted by Gasteiger charge is 2.37. The van der Waals surface area contributed by atoms with Crippen LogP contribution in [0.5, 0.6) is 0 Å². The maximum absolute atomic E-state index is 5.44. The van der Waals surface area contributed by atoms with Crippen molar-refractivity contribution in [1.82, 2.24) is 9.97 Å². The zero-order valence-electron chi connectivity index (χ0n) is 68.5. The number of nitrogens with zero attached hydrogens (tertiary/aromatic N) is 2. The number of fused-ring (bicyclic) bond motifs is 12. The normalized spacial score (nSPS) is 12.2. The second-order valence-electron chi connectivity index (χ2n) is 33.3. The number of benzene rings is 20. The van der Waals surface area contributed by atoms with Gasteiger partial charge in [0.1, 0.15) is 0 Å². The molecule has 1 aliphatic rings. The summed E-state index contributed by atoms with van der Waals surface area (Å²) in [5, 5.41) is 17.5. The Hall–Kier alpha value is -15.5. The predicted octanol–water partition coefficient (Wildman–Crippen LogP) is 33.8. The quantitative estimate of drug-likeness (QED) is 0.122. The highest BCUT2D eigenvalue weighted by atomic mass is 32.1. The number of hydrogen-bond donors (Lipinski definition) is 0. The van der Waals surface area contributed by atoms with Crippen LogP contribution in [0.1, 0.15) is 25.0 Å². The number of hydrogen-bond acceptors (Lipinski definition) is 3. The van der Waals surface area contributed by atoms with Gasteiger partial charge in [0.15, 0.2) is 0 Å². The lowest BCUT2D eigenvalue weighted by Crippen LogP contribution is -2.16. The summed E-state index contributed by atoms with van der Waals surface area (Å²) in [5.74, 6) is 0. The van der Waals surface area contributed by atoms with Crippen LogP contribution in [0.3, 0.4) is 0 Å². The summed E-state index contributed by atoms with van der Waals surface area (Å²) in [6.45, 7) is 4.72. The minimum absolute atomic E-state index is 0.0962. The molecule has 0 N–H and O–H groups in total. The molecule has 0 radical (unpaired) electrons.